The van der Waals surface area contributed by atoms with Crippen LogP contribution in [0, 0.1) is 19.7 Å². The molecule has 0 radical (unpaired) electrons. The lowest BCUT2D eigenvalue weighted by molar-refractivity contribution is 0.102. The molecule has 5 aromatic rings. The van der Waals surface area contributed by atoms with Gasteiger partial charge in [0, 0.05) is 17.5 Å². The van der Waals surface area contributed by atoms with Gasteiger partial charge in [0.05, 0.1) is 15.9 Å². The zero-order chi connectivity index (χ0) is 20.1. The summed E-state index contributed by atoms with van der Waals surface area (Å²) in [5, 5.41) is 3.48. The third-order valence-electron chi connectivity index (χ3n) is 4.67. The summed E-state index contributed by atoms with van der Waals surface area (Å²) in [4.78, 5) is 23.2. The molecule has 8 heteroatoms. The second-order valence-corrected chi connectivity index (χ2v) is 8.75. The summed E-state index contributed by atoms with van der Waals surface area (Å²) in [6, 6.07) is 12.2. The number of carbonyl (C=O) groups excluding carboxylic acids is 1. The third kappa shape index (κ3) is 3.20. The molecule has 0 fully saturated rings. The number of aryl methyl sites for hydroxylation is 2. The number of hydrogen-bond donors (Lipinski definition) is 1. The van der Waals surface area contributed by atoms with Gasteiger partial charge in [0.2, 0.25) is 0 Å². The van der Waals surface area contributed by atoms with E-state index >= 15 is 0 Å². The lowest BCUT2D eigenvalue weighted by atomic mass is 10.2. The highest BCUT2D eigenvalue weighted by atomic mass is 32.1. The van der Waals surface area contributed by atoms with Gasteiger partial charge < -0.3 is 0 Å². The van der Waals surface area contributed by atoms with Crippen molar-refractivity contribution in [1.29, 1.82) is 0 Å². The van der Waals surface area contributed by atoms with Gasteiger partial charge in [0.1, 0.15) is 10.7 Å². The molecule has 0 spiro atoms. The van der Waals surface area contributed by atoms with Crippen LogP contribution in [-0.2, 0) is 0 Å². The van der Waals surface area contributed by atoms with E-state index in [1.807, 2.05) is 36.6 Å². The molecular weight excluding hydrogens is 407 g/mol. The summed E-state index contributed by atoms with van der Waals surface area (Å²) >= 11 is 2.78. The Hall–Kier alpha value is -3.10. The molecule has 0 saturated carbocycles. The number of thiazole rings is 2. The van der Waals surface area contributed by atoms with Gasteiger partial charge in [-0.2, -0.15) is 0 Å². The first-order valence-electron chi connectivity index (χ1n) is 8.91. The van der Waals surface area contributed by atoms with Crippen LogP contribution in [-0.4, -0.2) is 20.3 Å². The van der Waals surface area contributed by atoms with Crippen LogP contribution < -0.4 is 5.32 Å². The highest BCUT2D eigenvalue weighted by Crippen LogP contribution is 2.30. The van der Waals surface area contributed by atoms with E-state index in [-0.39, 0.29) is 11.7 Å². The molecule has 144 valence electrons. The molecule has 1 N–H and O–H groups in total. The molecule has 0 aliphatic rings. The molecule has 2 aromatic carbocycles. The fourth-order valence-electron chi connectivity index (χ4n) is 3.16. The first kappa shape index (κ1) is 18.0. The molecule has 1 amide bonds. The van der Waals surface area contributed by atoms with Crippen molar-refractivity contribution in [2.45, 2.75) is 13.8 Å². The van der Waals surface area contributed by atoms with Crippen LogP contribution in [0.25, 0.3) is 26.4 Å². The molecule has 3 heterocycles. The molecule has 0 aliphatic heterocycles. The highest BCUT2D eigenvalue weighted by Gasteiger charge is 2.19. The highest BCUT2D eigenvalue weighted by molar-refractivity contribution is 7.22. The topological polar surface area (TPSA) is 59.3 Å². The predicted octanol–water partition coefficient (Wildman–Crippen LogP) is 5.68. The van der Waals surface area contributed by atoms with E-state index in [1.54, 1.807) is 12.1 Å². The Labute approximate surface area is 173 Å². The minimum atomic E-state index is -0.282. The molecular formula is C21H15FN4OS2. The number of amides is 1. The van der Waals surface area contributed by atoms with E-state index in [4.69, 9.17) is 0 Å². The fourth-order valence-corrected chi connectivity index (χ4v) is 5.12. The summed E-state index contributed by atoms with van der Waals surface area (Å²) in [5.41, 5.74) is 4.41. The summed E-state index contributed by atoms with van der Waals surface area (Å²) in [7, 11) is 0. The van der Waals surface area contributed by atoms with Crippen molar-refractivity contribution >= 4 is 48.9 Å². The number of anilines is 1. The summed E-state index contributed by atoms with van der Waals surface area (Å²) in [5.74, 6) is -0.480. The molecule has 29 heavy (non-hydrogen) atoms. The number of nitrogens with zero attached hydrogens (tertiary/aromatic N) is 3. The van der Waals surface area contributed by atoms with Crippen molar-refractivity contribution in [3.63, 3.8) is 0 Å². The Balaban J connectivity index is 1.44. The van der Waals surface area contributed by atoms with Gasteiger partial charge in [0.15, 0.2) is 10.1 Å². The predicted molar refractivity (Wildman–Crippen MR) is 116 cm³/mol. The van der Waals surface area contributed by atoms with Crippen LogP contribution in [0.2, 0.25) is 0 Å². The maximum Gasteiger partial charge on any atom is 0.269 e. The molecule has 0 unspecified atom stereocenters. The minimum absolute atomic E-state index is 0.197. The lowest BCUT2D eigenvalue weighted by Gasteiger charge is -2.00. The lowest BCUT2D eigenvalue weighted by Crippen LogP contribution is -2.11. The maximum absolute atomic E-state index is 13.1. The van der Waals surface area contributed by atoms with Crippen molar-refractivity contribution in [2.75, 3.05) is 5.32 Å². The van der Waals surface area contributed by atoms with Crippen molar-refractivity contribution in [2.24, 2.45) is 0 Å². The van der Waals surface area contributed by atoms with Gasteiger partial charge in [-0.1, -0.05) is 28.7 Å². The fraction of sp³-hybridized carbons (Fsp3) is 0.0952. The summed E-state index contributed by atoms with van der Waals surface area (Å²) in [6.07, 6.45) is 1.87. The van der Waals surface area contributed by atoms with E-state index in [2.05, 4.69) is 21.4 Å². The number of fused-ring (bicyclic) bond motifs is 2. The maximum atomic E-state index is 13.1. The van der Waals surface area contributed by atoms with Crippen LogP contribution in [0.4, 0.5) is 9.52 Å². The molecule has 0 atom stereocenters. The zero-order valence-corrected chi connectivity index (χ0v) is 17.2. The number of nitrogens with one attached hydrogen (secondary N) is 1. The number of rotatable bonds is 3. The zero-order valence-electron chi connectivity index (χ0n) is 15.6. The van der Waals surface area contributed by atoms with Gasteiger partial charge in [-0.15, -0.1) is 0 Å². The van der Waals surface area contributed by atoms with E-state index in [0.29, 0.717) is 15.0 Å². The number of hydrogen-bond acceptors (Lipinski definition) is 5. The Bertz CT molecular complexity index is 1380. The number of aromatic nitrogens is 3. The van der Waals surface area contributed by atoms with Gasteiger partial charge >= 0.3 is 0 Å². The van der Waals surface area contributed by atoms with E-state index in [1.165, 1.54) is 34.8 Å². The van der Waals surface area contributed by atoms with Gasteiger partial charge in [-0.3, -0.25) is 14.5 Å². The van der Waals surface area contributed by atoms with Crippen LogP contribution in [0.15, 0.2) is 48.7 Å². The Morgan fingerprint density at radius 2 is 1.86 bits per heavy atom. The second kappa shape index (κ2) is 6.75. The summed E-state index contributed by atoms with van der Waals surface area (Å²) < 4.78 is 16.1. The van der Waals surface area contributed by atoms with Crippen LogP contribution >= 0.6 is 22.7 Å². The minimum Gasteiger partial charge on any atom is -0.297 e. The van der Waals surface area contributed by atoms with Crippen LogP contribution in [0.3, 0.4) is 0 Å². The Kier molecular flexibility index (Phi) is 4.18. The number of halogens is 1. The van der Waals surface area contributed by atoms with Crippen molar-refractivity contribution in [3.05, 3.63) is 70.6 Å². The van der Waals surface area contributed by atoms with Gasteiger partial charge in [-0.05, 0) is 55.8 Å². The number of carbonyl (C=O) groups is 1. The quantitative estimate of drug-likeness (QED) is 0.407. The third-order valence-corrected chi connectivity index (χ3v) is 6.76. The van der Waals surface area contributed by atoms with Gasteiger partial charge in [-0.25, -0.2) is 14.4 Å². The molecule has 0 aliphatic carbocycles. The van der Waals surface area contributed by atoms with Crippen molar-refractivity contribution < 1.29 is 9.18 Å². The standard InChI is InChI=1S/C21H15FN4OS2/c1-11-3-8-15-17(9-11)28-20(23-15)25-19(27)18-12(2)26-10-16(24-21(26)29-18)13-4-6-14(22)7-5-13/h3-10H,1-2H3,(H,23,25,27). The van der Waals surface area contributed by atoms with Gasteiger partial charge in [0.25, 0.3) is 5.91 Å². The first-order valence-corrected chi connectivity index (χ1v) is 10.5. The Morgan fingerprint density at radius 3 is 2.62 bits per heavy atom. The van der Waals surface area contributed by atoms with Crippen LogP contribution in [0.5, 0.6) is 0 Å². The molecule has 3 aromatic heterocycles. The second-order valence-electron chi connectivity index (χ2n) is 6.75. The van der Waals surface area contributed by atoms with Crippen LogP contribution in [0.1, 0.15) is 20.9 Å². The monoisotopic (exact) mass is 422 g/mol. The van der Waals surface area contributed by atoms with Crippen molar-refractivity contribution in [1.82, 2.24) is 14.4 Å². The van der Waals surface area contributed by atoms with Crippen molar-refractivity contribution in [3.8, 4) is 11.3 Å². The Morgan fingerprint density at radius 1 is 1.07 bits per heavy atom. The summed E-state index contributed by atoms with van der Waals surface area (Å²) in [6.45, 7) is 3.92. The average Bonchev–Trinajstić information content (AvgIpc) is 3.36. The number of imidazole rings is 1. The van der Waals surface area contributed by atoms with E-state index in [9.17, 15) is 9.18 Å². The SMILES string of the molecule is Cc1ccc2nc(NC(=O)c3sc4nc(-c5ccc(F)cc5)cn4c3C)sc2c1. The smallest absolute Gasteiger partial charge is 0.269 e. The molecule has 0 saturated heterocycles. The average molecular weight is 423 g/mol. The number of benzene rings is 2. The largest absolute Gasteiger partial charge is 0.297 e. The molecule has 5 nitrogen and oxygen atoms in total. The van der Waals surface area contributed by atoms with E-state index in [0.717, 1.165) is 32.7 Å². The molecule has 0 bridgehead atoms. The normalized spacial score (nSPS) is 11.4. The van der Waals surface area contributed by atoms with E-state index < -0.39 is 0 Å². The molecule has 5 rings (SSSR count). The first-order chi connectivity index (χ1) is 14.0.